The van der Waals surface area contributed by atoms with E-state index in [1.165, 1.54) is 17.6 Å². The molecule has 19 heteroatoms. The summed E-state index contributed by atoms with van der Waals surface area (Å²) in [6.07, 6.45) is -6.46. The first-order valence-electron chi connectivity index (χ1n) is 14.6. The number of amides is 3. The summed E-state index contributed by atoms with van der Waals surface area (Å²) in [5, 5.41) is 15.4. The normalized spacial score (nSPS) is 23.2. The molecule has 2 aliphatic rings. The van der Waals surface area contributed by atoms with Crippen LogP contribution in [0.2, 0.25) is 0 Å². The van der Waals surface area contributed by atoms with E-state index < -0.39 is 67.7 Å². The van der Waals surface area contributed by atoms with Crippen molar-refractivity contribution in [2.75, 3.05) is 26.8 Å². The van der Waals surface area contributed by atoms with Crippen LogP contribution in [0, 0.1) is 0 Å². The van der Waals surface area contributed by atoms with E-state index in [9.17, 15) is 35.9 Å². The topological polar surface area (TPSA) is 149 Å². The van der Waals surface area contributed by atoms with E-state index in [-0.39, 0.29) is 39.1 Å². The van der Waals surface area contributed by atoms with E-state index >= 15 is 0 Å². The summed E-state index contributed by atoms with van der Waals surface area (Å²) in [6.45, 7) is -3.29. The van der Waals surface area contributed by atoms with Crippen LogP contribution in [0.3, 0.4) is 0 Å². The lowest BCUT2D eigenvalue weighted by Gasteiger charge is -2.29. The fourth-order valence-electron chi connectivity index (χ4n) is 4.24. The molecule has 240 valence electrons. The molecule has 1 aliphatic carbocycles. The number of imidazole rings is 1. The summed E-state index contributed by atoms with van der Waals surface area (Å²) < 4.78 is 122. The molecule has 0 bridgehead atoms. The Hall–Kier alpha value is -4.00. The van der Waals surface area contributed by atoms with Crippen LogP contribution in [0.15, 0.2) is 23.1 Å². The van der Waals surface area contributed by atoms with Crippen LogP contribution in [0.5, 0.6) is 0 Å². The Labute approximate surface area is 249 Å². The summed E-state index contributed by atoms with van der Waals surface area (Å²) in [5.74, 6) is -0.887. The van der Waals surface area contributed by atoms with Crippen LogP contribution in [0.1, 0.15) is 76.2 Å². The molecule has 3 aromatic heterocycles. The van der Waals surface area contributed by atoms with Crippen molar-refractivity contribution >= 4 is 17.6 Å². The van der Waals surface area contributed by atoms with Gasteiger partial charge in [-0.1, -0.05) is 5.16 Å². The maximum Gasteiger partial charge on any atom is 0.416 e. The number of halogens is 6. The Bertz CT molecular complexity index is 1660. The molecule has 1 saturated heterocycles. The Balaban J connectivity index is 1.49. The maximum absolute atomic E-state index is 13.7. The van der Waals surface area contributed by atoms with Crippen LogP contribution < -0.4 is 10.6 Å². The highest BCUT2D eigenvalue weighted by atomic mass is 19.4. The first-order chi connectivity index (χ1) is 21.7. The van der Waals surface area contributed by atoms with E-state index in [0.29, 0.717) is 0 Å². The third-order valence-corrected chi connectivity index (χ3v) is 7.00. The minimum Gasteiger partial charge on any atom is -0.382 e. The fraction of sp³-hybridized carbons (Fsp3) is 0.600. The van der Waals surface area contributed by atoms with Gasteiger partial charge in [-0.3, -0.25) is 4.79 Å². The van der Waals surface area contributed by atoms with Gasteiger partial charge in [-0.2, -0.15) is 31.4 Å². The van der Waals surface area contributed by atoms with Crippen LogP contribution in [-0.2, 0) is 9.47 Å². The lowest BCUT2D eigenvalue weighted by atomic mass is 10.1. The number of urea groups is 1. The average Bonchev–Trinajstić information content (AvgIpc) is 3.45. The molecule has 0 spiro atoms. The molecule has 2 N–H and O–H groups in total. The Morgan fingerprint density at radius 2 is 1.98 bits per heavy atom. The summed E-state index contributed by atoms with van der Waals surface area (Å²) in [7, 11) is 1.16. The van der Waals surface area contributed by atoms with Gasteiger partial charge in [-0.25, -0.2) is 18.9 Å². The molecule has 4 heterocycles. The number of aromatic nitrogens is 5. The lowest BCUT2D eigenvalue weighted by Crippen LogP contribution is -2.44. The van der Waals surface area contributed by atoms with Crippen molar-refractivity contribution in [3.8, 4) is 0 Å². The minimum absolute atomic E-state index is 0.0508. The van der Waals surface area contributed by atoms with E-state index in [4.69, 9.17) is 18.2 Å². The molecular formula is C25H28F6N8O5. The average molecular weight is 638 g/mol. The van der Waals surface area contributed by atoms with Gasteiger partial charge in [0, 0.05) is 18.6 Å². The summed E-state index contributed by atoms with van der Waals surface area (Å²) in [6, 6.07) is -7.20. The largest absolute Gasteiger partial charge is 0.416 e. The molecule has 3 amide bonds. The summed E-state index contributed by atoms with van der Waals surface area (Å²) in [4.78, 5) is 30.4. The van der Waals surface area contributed by atoms with Crippen molar-refractivity contribution in [1.29, 1.82) is 0 Å². The molecule has 1 saturated carbocycles. The lowest BCUT2D eigenvalue weighted by molar-refractivity contribution is -0.265. The van der Waals surface area contributed by atoms with Gasteiger partial charge < -0.3 is 25.0 Å². The minimum atomic E-state index is -5.50. The van der Waals surface area contributed by atoms with Crippen molar-refractivity contribution in [1.82, 2.24) is 40.4 Å². The Kier molecular flexibility index (Phi) is 7.19. The van der Waals surface area contributed by atoms with Crippen molar-refractivity contribution in [2.45, 2.75) is 68.7 Å². The number of nitrogens with one attached hydrogen (secondary N) is 2. The molecule has 0 aromatic carbocycles. The molecule has 3 aromatic rings. The van der Waals surface area contributed by atoms with Crippen molar-refractivity contribution in [3.05, 3.63) is 41.1 Å². The van der Waals surface area contributed by atoms with Crippen molar-refractivity contribution < 1.29 is 54.1 Å². The SMILES string of the molecule is [2H]C1([2H])N([C@H](COC)c2cnn3cc([C@H](COC(C)(C)C(F)(F)F)NC(=O)c4nonc4C4CC4)nc3c2)C(=O)N[C@@]1([2H])C(F)(F)F. The summed E-state index contributed by atoms with van der Waals surface area (Å²) in [5.41, 5.74) is -2.67. The number of alkyl halides is 6. The number of ether oxygens (including phenoxy) is 2. The third kappa shape index (κ3) is 6.42. The predicted octanol–water partition coefficient (Wildman–Crippen LogP) is 3.46. The van der Waals surface area contributed by atoms with Gasteiger partial charge in [0.05, 0.1) is 54.0 Å². The molecule has 3 atom stereocenters. The smallest absolute Gasteiger partial charge is 0.382 e. The predicted molar refractivity (Wildman–Crippen MR) is 135 cm³/mol. The van der Waals surface area contributed by atoms with Crippen LogP contribution >= 0.6 is 0 Å². The molecule has 5 rings (SSSR count). The molecular weight excluding hydrogens is 606 g/mol. The number of hydrogen-bond acceptors (Lipinski definition) is 9. The fourth-order valence-corrected chi connectivity index (χ4v) is 4.24. The van der Waals surface area contributed by atoms with Gasteiger partial charge in [0.15, 0.2) is 16.9 Å². The van der Waals surface area contributed by atoms with Crippen LogP contribution in [0.25, 0.3) is 5.65 Å². The number of carbonyl (C=O) groups is 2. The van der Waals surface area contributed by atoms with Gasteiger partial charge in [-0.15, -0.1) is 0 Å². The Morgan fingerprint density at radius 1 is 1.25 bits per heavy atom. The van der Waals surface area contributed by atoms with Crippen molar-refractivity contribution in [3.63, 3.8) is 0 Å². The van der Waals surface area contributed by atoms with Gasteiger partial charge in [0.1, 0.15) is 11.7 Å². The highest BCUT2D eigenvalue weighted by molar-refractivity contribution is 5.93. The standard InChI is InChI=1S/C25H28F6N8O5/c1-23(2,25(29,30)31)43-10-15(34-21(40)20-19(12-4-5-12)36-44-37-20)14-8-39-18(33-14)6-13(7-32-39)16(11-42-3)38-9-17(24(26,27)28)35-22(38)41/h6-8,12,15-17H,4-5,9-11H2,1-3H3,(H,34,40)(H,35,41)/t15-,16+,17+/m0/s1/i9D2,17D. The number of carbonyl (C=O) groups excluding carboxylic acids is 2. The molecule has 1 aliphatic heterocycles. The second-order valence-electron chi connectivity index (χ2n) is 10.6. The zero-order valence-electron chi connectivity index (χ0n) is 26.3. The molecule has 2 fully saturated rings. The van der Waals surface area contributed by atoms with Crippen LogP contribution in [0.4, 0.5) is 31.1 Å². The highest BCUT2D eigenvalue weighted by Gasteiger charge is 2.50. The number of nitrogens with zero attached hydrogens (tertiary/aromatic N) is 6. The zero-order valence-corrected chi connectivity index (χ0v) is 23.3. The van der Waals surface area contributed by atoms with Gasteiger partial charge in [-0.05, 0) is 37.9 Å². The quantitative estimate of drug-likeness (QED) is 0.302. The number of methoxy groups -OCH3 is 1. The molecule has 0 radical (unpaired) electrons. The number of rotatable bonds is 11. The Morgan fingerprint density at radius 3 is 2.59 bits per heavy atom. The zero-order chi connectivity index (χ0) is 34.7. The first kappa shape index (κ1) is 27.5. The molecule has 13 nitrogen and oxygen atoms in total. The first-order valence-corrected chi connectivity index (χ1v) is 13.1. The van der Waals surface area contributed by atoms with Crippen molar-refractivity contribution in [2.24, 2.45) is 0 Å². The highest BCUT2D eigenvalue weighted by Crippen LogP contribution is 2.40. The van der Waals surface area contributed by atoms with Gasteiger partial charge in [0.25, 0.3) is 5.91 Å². The van der Waals surface area contributed by atoms with E-state index in [1.54, 1.807) is 0 Å². The van der Waals surface area contributed by atoms with E-state index in [2.05, 4.69) is 25.7 Å². The number of fused-ring (bicyclic) bond motifs is 1. The van der Waals surface area contributed by atoms with E-state index in [1.807, 2.05) is 0 Å². The second kappa shape index (κ2) is 11.5. The monoisotopic (exact) mass is 637 g/mol. The molecule has 44 heavy (non-hydrogen) atoms. The molecule has 0 unspecified atom stereocenters. The van der Waals surface area contributed by atoms with Gasteiger partial charge >= 0.3 is 18.4 Å². The summed E-state index contributed by atoms with van der Waals surface area (Å²) >= 11 is 0. The van der Waals surface area contributed by atoms with E-state index in [0.717, 1.165) is 44.5 Å². The third-order valence-electron chi connectivity index (χ3n) is 7.00. The second-order valence-corrected chi connectivity index (χ2v) is 10.6. The number of hydrogen-bond donors (Lipinski definition) is 2. The maximum atomic E-state index is 13.7. The van der Waals surface area contributed by atoms with Crippen LogP contribution in [-0.4, -0.2) is 92.5 Å². The van der Waals surface area contributed by atoms with Gasteiger partial charge in [0.2, 0.25) is 0 Å².